The van der Waals surface area contributed by atoms with Crippen LogP contribution in [-0.4, -0.2) is 34.8 Å². The molecule has 0 radical (unpaired) electrons. The minimum Gasteiger partial charge on any atom is -0.330 e. The van der Waals surface area contributed by atoms with Crippen LogP contribution in [0.15, 0.2) is 18.2 Å². The molecule has 1 aromatic heterocycles. The highest BCUT2D eigenvalue weighted by Gasteiger charge is 2.29. The number of nitrogens with two attached hydrogens (primary N) is 1. The molecule has 2 atom stereocenters. The summed E-state index contributed by atoms with van der Waals surface area (Å²) in [4.78, 5) is 2.42. The molecule has 1 aliphatic rings. The zero-order valence-electron chi connectivity index (χ0n) is 11.9. The lowest BCUT2D eigenvalue weighted by molar-refractivity contribution is 0.314. The fourth-order valence-corrected chi connectivity index (χ4v) is 3.33. The van der Waals surface area contributed by atoms with Gasteiger partial charge in [0, 0.05) is 25.0 Å². The van der Waals surface area contributed by atoms with Crippen LogP contribution in [0.3, 0.4) is 0 Å². The first-order valence-electron chi connectivity index (χ1n) is 6.93. The van der Waals surface area contributed by atoms with Crippen LogP contribution < -0.4 is 5.73 Å². The van der Waals surface area contributed by atoms with Gasteiger partial charge in [0.1, 0.15) is 0 Å². The fourth-order valence-electron chi connectivity index (χ4n) is 3.33. The topological polar surface area (TPSA) is 47.1 Å². The molecule has 1 aromatic carbocycles. The molecule has 1 saturated heterocycles. The summed E-state index contributed by atoms with van der Waals surface area (Å²) in [5.41, 5.74) is 9.52. The standard InChI is InChI=1S/C15H22N4/c1-10-13-7-12(4-5-14(13)19(3)17-10)15-6-11(8-16)9-18(15)2/h4-5,7,11,15H,6,8-9,16H2,1-3H3. The molecule has 0 saturated carbocycles. The quantitative estimate of drug-likeness (QED) is 0.894. The van der Waals surface area contributed by atoms with E-state index in [1.54, 1.807) is 0 Å². The monoisotopic (exact) mass is 258 g/mol. The van der Waals surface area contributed by atoms with Crippen molar-refractivity contribution < 1.29 is 0 Å². The van der Waals surface area contributed by atoms with Gasteiger partial charge >= 0.3 is 0 Å². The van der Waals surface area contributed by atoms with E-state index < -0.39 is 0 Å². The van der Waals surface area contributed by atoms with Crippen molar-refractivity contribution in [2.24, 2.45) is 18.7 Å². The molecule has 4 heteroatoms. The normalized spacial score (nSPS) is 24.4. The lowest BCUT2D eigenvalue weighted by Crippen LogP contribution is -2.20. The highest BCUT2D eigenvalue weighted by molar-refractivity contribution is 5.82. The Hall–Kier alpha value is -1.39. The van der Waals surface area contributed by atoms with Crippen LogP contribution in [0.2, 0.25) is 0 Å². The smallest absolute Gasteiger partial charge is 0.0682 e. The molecule has 2 N–H and O–H groups in total. The Morgan fingerprint density at radius 2 is 2.16 bits per heavy atom. The first-order valence-corrected chi connectivity index (χ1v) is 6.93. The number of nitrogens with zero attached hydrogens (tertiary/aromatic N) is 3. The van der Waals surface area contributed by atoms with Gasteiger partial charge in [-0.25, -0.2) is 0 Å². The number of likely N-dealkylation sites (tertiary alicyclic amines) is 1. The average molecular weight is 258 g/mol. The first-order chi connectivity index (χ1) is 9.10. The molecule has 0 aliphatic carbocycles. The summed E-state index contributed by atoms with van der Waals surface area (Å²) >= 11 is 0. The van der Waals surface area contributed by atoms with Gasteiger partial charge < -0.3 is 5.73 Å². The predicted molar refractivity (Wildman–Crippen MR) is 78.0 cm³/mol. The molecule has 1 fully saturated rings. The maximum absolute atomic E-state index is 5.81. The van der Waals surface area contributed by atoms with E-state index in [-0.39, 0.29) is 0 Å². The average Bonchev–Trinajstić information content (AvgIpc) is 2.91. The third-order valence-electron chi connectivity index (χ3n) is 4.41. The SMILES string of the molecule is Cc1nn(C)c2ccc(C3CC(CN)CN3C)cc12. The zero-order valence-corrected chi connectivity index (χ0v) is 11.9. The Balaban J connectivity index is 1.99. The molecule has 2 heterocycles. The van der Waals surface area contributed by atoms with Gasteiger partial charge in [0.15, 0.2) is 0 Å². The number of rotatable bonds is 2. The van der Waals surface area contributed by atoms with E-state index in [4.69, 9.17) is 5.73 Å². The van der Waals surface area contributed by atoms with E-state index in [1.807, 2.05) is 11.7 Å². The van der Waals surface area contributed by atoms with Gasteiger partial charge in [0.05, 0.1) is 11.2 Å². The number of hydrogen-bond acceptors (Lipinski definition) is 3. The zero-order chi connectivity index (χ0) is 13.6. The molecule has 2 aromatic rings. The number of aromatic nitrogens is 2. The van der Waals surface area contributed by atoms with Gasteiger partial charge in [-0.2, -0.15) is 5.10 Å². The molecule has 0 amide bonds. The van der Waals surface area contributed by atoms with Crippen molar-refractivity contribution in [1.29, 1.82) is 0 Å². The van der Waals surface area contributed by atoms with Gasteiger partial charge in [-0.1, -0.05) is 6.07 Å². The van der Waals surface area contributed by atoms with Crippen molar-refractivity contribution >= 4 is 10.9 Å². The Bertz CT molecular complexity index is 601. The van der Waals surface area contributed by atoms with Gasteiger partial charge in [-0.15, -0.1) is 0 Å². The first kappa shape index (κ1) is 12.6. The van der Waals surface area contributed by atoms with Crippen LogP contribution in [0.25, 0.3) is 10.9 Å². The van der Waals surface area contributed by atoms with E-state index in [0.717, 1.165) is 25.2 Å². The Morgan fingerprint density at radius 1 is 1.37 bits per heavy atom. The van der Waals surface area contributed by atoms with Gasteiger partial charge in [-0.05, 0) is 50.6 Å². The van der Waals surface area contributed by atoms with E-state index >= 15 is 0 Å². The van der Waals surface area contributed by atoms with Gasteiger partial charge in [0.25, 0.3) is 0 Å². The Labute approximate surface area is 114 Å². The van der Waals surface area contributed by atoms with Crippen molar-refractivity contribution in [3.63, 3.8) is 0 Å². The summed E-state index contributed by atoms with van der Waals surface area (Å²) in [6.07, 6.45) is 1.16. The molecule has 3 rings (SSSR count). The molecule has 2 unspecified atom stereocenters. The second-order valence-corrected chi connectivity index (χ2v) is 5.78. The maximum atomic E-state index is 5.81. The summed E-state index contributed by atoms with van der Waals surface area (Å²) in [6.45, 7) is 3.97. The van der Waals surface area contributed by atoms with Crippen LogP contribution in [-0.2, 0) is 7.05 Å². The van der Waals surface area contributed by atoms with E-state index in [9.17, 15) is 0 Å². The lowest BCUT2D eigenvalue weighted by Gasteiger charge is -2.19. The Morgan fingerprint density at radius 3 is 2.84 bits per heavy atom. The van der Waals surface area contributed by atoms with Crippen molar-refractivity contribution in [2.45, 2.75) is 19.4 Å². The minimum atomic E-state index is 0.498. The van der Waals surface area contributed by atoms with Crippen LogP contribution in [0, 0.1) is 12.8 Å². The van der Waals surface area contributed by atoms with Gasteiger partial charge in [-0.3, -0.25) is 9.58 Å². The third-order valence-corrected chi connectivity index (χ3v) is 4.41. The summed E-state index contributed by atoms with van der Waals surface area (Å²) in [6, 6.07) is 7.23. The van der Waals surface area contributed by atoms with Gasteiger partial charge in [0.2, 0.25) is 0 Å². The van der Waals surface area contributed by atoms with Crippen molar-refractivity contribution in [3.8, 4) is 0 Å². The van der Waals surface area contributed by atoms with E-state index in [0.29, 0.717) is 12.0 Å². The molecule has 4 nitrogen and oxygen atoms in total. The third kappa shape index (κ3) is 2.05. The summed E-state index contributed by atoms with van der Waals surface area (Å²) < 4.78 is 1.95. The largest absolute Gasteiger partial charge is 0.330 e. The summed E-state index contributed by atoms with van der Waals surface area (Å²) in [5.74, 6) is 0.626. The van der Waals surface area contributed by atoms with E-state index in [1.165, 1.54) is 16.5 Å². The van der Waals surface area contributed by atoms with Crippen molar-refractivity contribution in [3.05, 3.63) is 29.5 Å². The molecule has 0 bridgehead atoms. The predicted octanol–water partition coefficient (Wildman–Crippen LogP) is 1.83. The van der Waals surface area contributed by atoms with Crippen molar-refractivity contribution in [1.82, 2.24) is 14.7 Å². The second-order valence-electron chi connectivity index (χ2n) is 5.78. The maximum Gasteiger partial charge on any atom is 0.0682 e. The summed E-state index contributed by atoms with van der Waals surface area (Å²) in [7, 11) is 4.20. The molecule has 19 heavy (non-hydrogen) atoms. The summed E-state index contributed by atoms with van der Waals surface area (Å²) in [5, 5.41) is 5.76. The number of aryl methyl sites for hydroxylation is 2. The fraction of sp³-hybridized carbons (Fsp3) is 0.533. The number of hydrogen-bond donors (Lipinski definition) is 1. The Kier molecular flexibility index (Phi) is 3.07. The molecular formula is C15H22N4. The highest BCUT2D eigenvalue weighted by Crippen LogP contribution is 2.35. The molecule has 102 valence electrons. The van der Waals surface area contributed by atoms with Crippen LogP contribution in [0.1, 0.15) is 23.7 Å². The van der Waals surface area contributed by atoms with Crippen molar-refractivity contribution in [2.75, 3.05) is 20.1 Å². The molecule has 1 aliphatic heterocycles. The van der Waals surface area contributed by atoms with Crippen LogP contribution in [0.4, 0.5) is 0 Å². The van der Waals surface area contributed by atoms with Crippen LogP contribution >= 0.6 is 0 Å². The molecule has 0 spiro atoms. The number of benzene rings is 1. The highest BCUT2D eigenvalue weighted by atomic mass is 15.3. The lowest BCUT2D eigenvalue weighted by atomic mass is 9.98. The van der Waals surface area contributed by atoms with Crippen LogP contribution in [0.5, 0.6) is 0 Å². The molecular weight excluding hydrogens is 236 g/mol. The number of fused-ring (bicyclic) bond motifs is 1. The van der Waals surface area contributed by atoms with E-state index in [2.05, 4.69) is 42.2 Å². The minimum absolute atomic E-state index is 0.498. The second kappa shape index (κ2) is 4.62.